The van der Waals surface area contributed by atoms with Crippen LogP contribution in [0.15, 0.2) is 42.5 Å². The van der Waals surface area contributed by atoms with Crippen LogP contribution in [0.25, 0.3) is 0 Å². The molecule has 2 aromatic rings. The number of fused-ring (bicyclic) bond motifs is 1. The molecule has 3 rings (SSSR count). The lowest BCUT2D eigenvalue weighted by atomic mass is 9.57. The topological polar surface area (TPSA) is 111 Å². The highest BCUT2D eigenvalue weighted by Gasteiger charge is 2.57. The van der Waals surface area contributed by atoms with Gasteiger partial charge in [0.2, 0.25) is 11.8 Å². The molecule has 0 spiro atoms. The van der Waals surface area contributed by atoms with Crippen LogP contribution in [-0.4, -0.2) is 50.1 Å². The Bertz CT molecular complexity index is 1070. The first-order valence-electron chi connectivity index (χ1n) is 11.1. The second-order valence-corrected chi connectivity index (χ2v) is 9.14. The monoisotopic (exact) mass is 466 g/mol. The van der Waals surface area contributed by atoms with E-state index < -0.39 is 22.8 Å². The number of carbonyl (C=O) groups excluding carboxylic acids is 3. The van der Waals surface area contributed by atoms with E-state index in [0.717, 1.165) is 16.8 Å². The molecule has 34 heavy (non-hydrogen) atoms. The summed E-state index contributed by atoms with van der Waals surface area (Å²) in [6.07, 6.45) is 0. The summed E-state index contributed by atoms with van der Waals surface area (Å²) in [5.74, 6) is -1.11. The van der Waals surface area contributed by atoms with Crippen LogP contribution in [0.1, 0.15) is 38.8 Å². The molecule has 0 fully saturated rings. The minimum Gasteiger partial charge on any atom is -0.484 e. The van der Waals surface area contributed by atoms with E-state index in [2.05, 4.69) is 11.4 Å². The highest BCUT2D eigenvalue weighted by atomic mass is 16.5. The normalized spacial score (nSPS) is 20.9. The number of methoxy groups -OCH3 is 1. The van der Waals surface area contributed by atoms with Crippen LogP contribution < -0.4 is 20.7 Å². The van der Waals surface area contributed by atoms with Gasteiger partial charge >= 0.3 is 0 Å². The third kappa shape index (κ3) is 4.50. The maximum atomic E-state index is 12.9. The SMILES string of the molecule is COCCNC(=O)COc1ccc(C2(C)c3c[c]ccc3N(C(C)=O)C(C)(C)C2C(N)=O)cc1. The van der Waals surface area contributed by atoms with Gasteiger partial charge in [-0.3, -0.25) is 14.4 Å². The highest BCUT2D eigenvalue weighted by Crippen LogP contribution is 2.54. The quantitative estimate of drug-likeness (QED) is 0.580. The molecule has 0 saturated heterocycles. The second-order valence-electron chi connectivity index (χ2n) is 9.14. The molecule has 8 heteroatoms. The Kier molecular flexibility index (Phi) is 7.31. The molecular formula is C26H32N3O5. The number of nitrogens with zero attached hydrogens (tertiary/aromatic N) is 1. The number of ether oxygens (including phenoxy) is 2. The Morgan fingerprint density at radius 3 is 2.41 bits per heavy atom. The van der Waals surface area contributed by atoms with Gasteiger partial charge in [-0.25, -0.2) is 0 Å². The first kappa shape index (κ1) is 25.2. The molecule has 0 aliphatic carbocycles. The zero-order valence-electron chi connectivity index (χ0n) is 20.3. The van der Waals surface area contributed by atoms with E-state index in [1.807, 2.05) is 45.0 Å². The molecule has 8 nitrogen and oxygen atoms in total. The Morgan fingerprint density at radius 2 is 1.82 bits per heavy atom. The minimum atomic E-state index is -0.879. The number of rotatable bonds is 8. The lowest BCUT2D eigenvalue weighted by Gasteiger charge is -2.55. The van der Waals surface area contributed by atoms with Crippen LogP contribution in [0, 0.1) is 12.0 Å². The van der Waals surface area contributed by atoms with Crippen molar-refractivity contribution < 1.29 is 23.9 Å². The Balaban J connectivity index is 1.98. The highest BCUT2D eigenvalue weighted by molar-refractivity contribution is 5.98. The van der Waals surface area contributed by atoms with E-state index in [-0.39, 0.29) is 18.4 Å². The molecule has 1 aliphatic rings. The number of hydrogen-bond acceptors (Lipinski definition) is 5. The van der Waals surface area contributed by atoms with Gasteiger partial charge in [-0.1, -0.05) is 25.1 Å². The maximum Gasteiger partial charge on any atom is 0.258 e. The van der Waals surface area contributed by atoms with Crippen molar-refractivity contribution in [2.75, 3.05) is 31.8 Å². The van der Waals surface area contributed by atoms with Crippen LogP contribution in [0.5, 0.6) is 5.75 Å². The fourth-order valence-electron chi connectivity index (χ4n) is 5.25. The van der Waals surface area contributed by atoms with Crippen molar-refractivity contribution >= 4 is 23.4 Å². The third-order valence-corrected chi connectivity index (χ3v) is 6.55. The molecule has 2 unspecified atom stereocenters. The smallest absolute Gasteiger partial charge is 0.258 e. The van der Waals surface area contributed by atoms with Crippen LogP contribution in [0.2, 0.25) is 0 Å². The maximum absolute atomic E-state index is 12.9. The summed E-state index contributed by atoms with van der Waals surface area (Å²) in [5, 5.41) is 2.70. The van der Waals surface area contributed by atoms with Gasteiger partial charge in [0.05, 0.1) is 18.1 Å². The molecule has 0 aromatic heterocycles. The van der Waals surface area contributed by atoms with Gasteiger partial charge < -0.3 is 25.4 Å². The summed E-state index contributed by atoms with van der Waals surface area (Å²) < 4.78 is 10.5. The van der Waals surface area contributed by atoms with Gasteiger partial charge in [0.25, 0.3) is 5.91 Å². The first-order chi connectivity index (χ1) is 16.0. The van der Waals surface area contributed by atoms with Gasteiger partial charge in [-0.15, -0.1) is 0 Å². The van der Waals surface area contributed by atoms with E-state index in [0.29, 0.717) is 18.9 Å². The molecular weight excluding hydrogens is 434 g/mol. The fraction of sp³-hybridized carbons (Fsp3) is 0.423. The zero-order chi connectivity index (χ0) is 25.1. The average molecular weight is 467 g/mol. The van der Waals surface area contributed by atoms with Gasteiger partial charge in [0, 0.05) is 31.7 Å². The number of hydrogen-bond donors (Lipinski definition) is 2. The number of benzene rings is 2. The van der Waals surface area contributed by atoms with Crippen molar-refractivity contribution in [3.8, 4) is 5.75 Å². The summed E-state index contributed by atoms with van der Waals surface area (Å²) in [6, 6.07) is 15.7. The Morgan fingerprint density at radius 1 is 1.15 bits per heavy atom. The van der Waals surface area contributed by atoms with Crippen molar-refractivity contribution in [2.45, 2.75) is 38.6 Å². The van der Waals surface area contributed by atoms with Crippen LogP contribution in [-0.2, 0) is 24.5 Å². The largest absolute Gasteiger partial charge is 0.484 e. The molecule has 0 bridgehead atoms. The van der Waals surface area contributed by atoms with Crippen LogP contribution in [0.4, 0.5) is 5.69 Å². The molecule has 3 amide bonds. The number of anilines is 1. The number of primary amides is 1. The summed E-state index contributed by atoms with van der Waals surface area (Å²) in [7, 11) is 1.56. The van der Waals surface area contributed by atoms with E-state index in [9.17, 15) is 14.4 Å². The van der Waals surface area contributed by atoms with E-state index in [1.54, 1.807) is 30.2 Å². The van der Waals surface area contributed by atoms with E-state index >= 15 is 0 Å². The lowest BCUT2D eigenvalue weighted by Crippen LogP contribution is -2.65. The average Bonchev–Trinajstić information content (AvgIpc) is 2.77. The van der Waals surface area contributed by atoms with Crippen molar-refractivity contribution in [3.05, 3.63) is 59.7 Å². The van der Waals surface area contributed by atoms with E-state index in [1.165, 1.54) is 6.92 Å². The summed E-state index contributed by atoms with van der Waals surface area (Å²) in [4.78, 5) is 39.1. The minimum absolute atomic E-state index is 0.122. The van der Waals surface area contributed by atoms with Crippen molar-refractivity contribution in [1.82, 2.24) is 5.32 Å². The van der Waals surface area contributed by atoms with Gasteiger partial charge in [-0.05, 0) is 55.3 Å². The summed E-state index contributed by atoms with van der Waals surface area (Å²) in [5.41, 5.74) is 6.62. The molecule has 2 atom stereocenters. The summed E-state index contributed by atoms with van der Waals surface area (Å²) >= 11 is 0. The summed E-state index contributed by atoms with van der Waals surface area (Å²) in [6.45, 7) is 7.89. The number of nitrogens with two attached hydrogens (primary N) is 1. The second kappa shape index (κ2) is 9.85. The van der Waals surface area contributed by atoms with E-state index in [4.69, 9.17) is 15.2 Å². The Hall–Kier alpha value is -3.39. The predicted octanol–water partition coefficient (Wildman–Crippen LogP) is 2.18. The van der Waals surface area contributed by atoms with Gasteiger partial charge in [0.15, 0.2) is 6.61 Å². The van der Waals surface area contributed by atoms with Gasteiger partial charge in [0.1, 0.15) is 5.75 Å². The number of carbonyl (C=O) groups is 3. The molecule has 1 heterocycles. The van der Waals surface area contributed by atoms with Crippen molar-refractivity contribution in [3.63, 3.8) is 0 Å². The Labute approximate surface area is 200 Å². The predicted molar refractivity (Wildman–Crippen MR) is 128 cm³/mol. The zero-order valence-corrected chi connectivity index (χ0v) is 20.3. The van der Waals surface area contributed by atoms with Crippen LogP contribution >= 0.6 is 0 Å². The number of nitrogens with one attached hydrogen (secondary N) is 1. The number of amides is 3. The molecule has 0 saturated carbocycles. The van der Waals surface area contributed by atoms with Crippen LogP contribution in [0.3, 0.4) is 0 Å². The molecule has 1 aliphatic heterocycles. The first-order valence-corrected chi connectivity index (χ1v) is 11.1. The van der Waals surface area contributed by atoms with Crippen molar-refractivity contribution in [1.29, 1.82) is 0 Å². The third-order valence-electron chi connectivity index (χ3n) is 6.55. The lowest BCUT2D eigenvalue weighted by molar-refractivity contribution is -0.127. The molecule has 3 N–H and O–H groups in total. The molecule has 1 radical (unpaired) electrons. The fourth-order valence-corrected chi connectivity index (χ4v) is 5.25. The standard InChI is InChI=1S/C26H32N3O5/c1-17(30)29-21-9-7-6-8-20(21)26(4,23(24(27)32)25(29,2)3)18-10-12-19(13-11-18)34-16-22(31)28-14-15-33-5/h7-13,23H,14-16H2,1-5H3,(H2,27,32)(H,28,31). The van der Waals surface area contributed by atoms with Crippen molar-refractivity contribution in [2.24, 2.45) is 11.7 Å². The molecule has 2 aromatic carbocycles. The molecule has 181 valence electrons. The van der Waals surface area contributed by atoms with Gasteiger partial charge in [-0.2, -0.15) is 0 Å².